The van der Waals surface area contributed by atoms with E-state index < -0.39 is 0 Å². The SMILES string of the molecule is C1=CCN(CCCc2c[nH]c3ccc(-n4cnnc4)cc23)CC1. The van der Waals surface area contributed by atoms with Crippen molar-refractivity contribution in [3.05, 3.63) is 54.8 Å². The Morgan fingerprint density at radius 2 is 2.04 bits per heavy atom. The van der Waals surface area contributed by atoms with Crippen molar-refractivity contribution in [2.45, 2.75) is 19.3 Å². The lowest BCUT2D eigenvalue weighted by Crippen LogP contribution is -2.28. The van der Waals surface area contributed by atoms with Gasteiger partial charge >= 0.3 is 0 Å². The van der Waals surface area contributed by atoms with Crippen molar-refractivity contribution in [3.63, 3.8) is 0 Å². The van der Waals surface area contributed by atoms with Crippen LogP contribution in [0.4, 0.5) is 0 Å². The molecule has 0 saturated carbocycles. The van der Waals surface area contributed by atoms with Gasteiger partial charge in [0.05, 0.1) is 0 Å². The van der Waals surface area contributed by atoms with Crippen LogP contribution in [0.25, 0.3) is 16.6 Å². The van der Waals surface area contributed by atoms with E-state index in [-0.39, 0.29) is 0 Å². The number of nitrogens with one attached hydrogen (secondary N) is 1. The van der Waals surface area contributed by atoms with Crippen LogP contribution in [0.3, 0.4) is 0 Å². The van der Waals surface area contributed by atoms with Crippen molar-refractivity contribution >= 4 is 10.9 Å². The van der Waals surface area contributed by atoms with Gasteiger partial charge in [0.15, 0.2) is 0 Å². The predicted octanol–water partition coefficient (Wildman–Crippen LogP) is 2.94. The van der Waals surface area contributed by atoms with Crippen molar-refractivity contribution < 1.29 is 0 Å². The third-order valence-electron chi connectivity index (χ3n) is 4.53. The summed E-state index contributed by atoms with van der Waals surface area (Å²) in [6.45, 7) is 3.47. The predicted molar refractivity (Wildman–Crippen MR) is 91.7 cm³/mol. The van der Waals surface area contributed by atoms with Gasteiger partial charge < -0.3 is 4.98 Å². The normalized spacial score (nSPS) is 15.5. The van der Waals surface area contributed by atoms with Crippen molar-refractivity contribution in [2.24, 2.45) is 0 Å². The fourth-order valence-corrected chi connectivity index (χ4v) is 3.25. The number of rotatable bonds is 5. The monoisotopic (exact) mass is 307 g/mol. The van der Waals surface area contributed by atoms with Gasteiger partial charge in [0, 0.05) is 35.9 Å². The Kier molecular flexibility index (Phi) is 3.94. The molecule has 0 atom stereocenters. The summed E-state index contributed by atoms with van der Waals surface area (Å²) in [7, 11) is 0. The molecule has 2 aromatic heterocycles. The average molecular weight is 307 g/mol. The molecule has 0 unspecified atom stereocenters. The van der Waals surface area contributed by atoms with Gasteiger partial charge in [-0.2, -0.15) is 0 Å². The molecular formula is C18H21N5. The quantitative estimate of drug-likeness (QED) is 0.737. The molecule has 1 aliphatic heterocycles. The zero-order valence-corrected chi connectivity index (χ0v) is 13.2. The lowest BCUT2D eigenvalue weighted by atomic mass is 10.1. The minimum Gasteiger partial charge on any atom is -0.361 e. The van der Waals surface area contributed by atoms with Crippen molar-refractivity contribution in [1.29, 1.82) is 0 Å². The van der Waals surface area contributed by atoms with Crippen LogP contribution >= 0.6 is 0 Å². The maximum Gasteiger partial charge on any atom is 0.123 e. The number of hydrogen-bond acceptors (Lipinski definition) is 3. The number of benzene rings is 1. The van der Waals surface area contributed by atoms with E-state index in [0.717, 1.165) is 18.7 Å². The summed E-state index contributed by atoms with van der Waals surface area (Å²) in [5.74, 6) is 0. The Morgan fingerprint density at radius 1 is 1.13 bits per heavy atom. The Bertz CT molecular complexity index is 800. The minimum absolute atomic E-state index is 1.10. The van der Waals surface area contributed by atoms with Crippen LogP contribution in [0.15, 0.2) is 49.2 Å². The number of H-pyrrole nitrogens is 1. The second-order valence-electron chi connectivity index (χ2n) is 6.08. The lowest BCUT2D eigenvalue weighted by molar-refractivity contribution is 0.295. The van der Waals surface area contributed by atoms with E-state index in [1.54, 1.807) is 12.7 Å². The summed E-state index contributed by atoms with van der Waals surface area (Å²) in [6.07, 6.45) is 13.7. The molecule has 5 nitrogen and oxygen atoms in total. The van der Waals surface area contributed by atoms with Gasteiger partial charge in [-0.25, -0.2) is 0 Å². The van der Waals surface area contributed by atoms with Crippen LogP contribution in [0.2, 0.25) is 0 Å². The molecule has 3 aromatic rings. The molecule has 0 fully saturated rings. The van der Waals surface area contributed by atoms with Crippen LogP contribution in [0, 0.1) is 0 Å². The number of fused-ring (bicyclic) bond motifs is 1. The second-order valence-corrected chi connectivity index (χ2v) is 6.08. The number of hydrogen-bond donors (Lipinski definition) is 1. The molecule has 5 heteroatoms. The topological polar surface area (TPSA) is 49.7 Å². The summed E-state index contributed by atoms with van der Waals surface area (Å²) in [5.41, 5.74) is 3.68. The second kappa shape index (κ2) is 6.38. The van der Waals surface area contributed by atoms with Gasteiger partial charge in [-0.15, -0.1) is 10.2 Å². The molecular weight excluding hydrogens is 286 g/mol. The largest absolute Gasteiger partial charge is 0.361 e. The number of nitrogens with zero attached hydrogens (tertiary/aromatic N) is 4. The van der Waals surface area contributed by atoms with E-state index in [0.29, 0.717) is 0 Å². The first-order valence-corrected chi connectivity index (χ1v) is 8.22. The minimum atomic E-state index is 1.10. The van der Waals surface area contributed by atoms with Gasteiger partial charge in [-0.05, 0) is 49.6 Å². The van der Waals surface area contributed by atoms with Crippen molar-refractivity contribution in [2.75, 3.05) is 19.6 Å². The highest BCUT2D eigenvalue weighted by Gasteiger charge is 2.08. The summed E-state index contributed by atoms with van der Waals surface area (Å²) < 4.78 is 1.94. The number of aromatic amines is 1. The molecule has 3 heterocycles. The summed E-state index contributed by atoms with van der Waals surface area (Å²) in [5, 5.41) is 9.07. The molecule has 0 bridgehead atoms. The maximum absolute atomic E-state index is 3.88. The van der Waals surface area contributed by atoms with Gasteiger partial charge in [-0.3, -0.25) is 9.47 Å². The zero-order chi connectivity index (χ0) is 15.5. The van der Waals surface area contributed by atoms with Gasteiger partial charge in [-0.1, -0.05) is 12.2 Å². The molecule has 118 valence electrons. The van der Waals surface area contributed by atoms with E-state index in [1.165, 1.54) is 42.4 Å². The Morgan fingerprint density at radius 3 is 2.87 bits per heavy atom. The van der Waals surface area contributed by atoms with E-state index in [4.69, 9.17) is 0 Å². The molecule has 1 aromatic carbocycles. The first-order chi connectivity index (χ1) is 11.4. The third-order valence-corrected chi connectivity index (χ3v) is 4.53. The fraction of sp³-hybridized carbons (Fsp3) is 0.333. The molecule has 4 rings (SSSR count). The van der Waals surface area contributed by atoms with Crippen LogP contribution in [-0.2, 0) is 6.42 Å². The lowest BCUT2D eigenvalue weighted by Gasteiger charge is -2.22. The molecule has 0 amide bonds. The maximum atomic E-state index is 3.88. The summed E-state index contributed by atoms with van der Waals surface area (Å²) in [6, 6.07) is 6.43. The highest BCUT2D eigenvalue weighted by Crippen LogP contribution is 2.23. The molecule has 0 aliphatic carbocycles. The van der Waals surface area contributed by atoms with Crippen LogP contribution in [-0.4, -0.2) is 44.3 Å². The fourth-order valence-electron chi connectivity index (χ4n) is 3.25. The number of aryl methyl sites for hydroxylation is 1. The molecule has 23 heavy (non-hydrogen) atoms. The molecule has 1 N–H and O–H groups in total. The summed E-state index contributed by atoms with van der Waals surface area (Å²) >= 11 is 0. The molecule has 0 saturated heterocycles. The first kappa shape index (κ1) is 14.2. The van der Waals surface area contributed by atoms with Crippen LogP contribution in [0.5, 0.6) is 0 Å². The van der Waals surface area contributed by atoms with Gasteiger partial charge in [0.1, 0.15) is 12.7 Å². The molecule has 0 spiro atoms. The summed E-state index contributed by atoms with van der Waals surface area (Å²) in [4.78, 5) is 5.91. The zero-order valence-electron chi connectivity index (χ0n) is 13.2. The van der Waals surface area contributed by atoms with E-state index in [1.807, 2.05) is 4.57 Å². The average Bonchev–Trinajstić information content (AvgIpc) is 3.25. The number of aromatic nitrogens is 4. The van der Waals surface area contributed by atoms with E-state index >= 15 is 0 Å². The van der Waals surface area contributed by atoms with E-state index in [2.05, 4.69) is 56.6 Å². The van der Waals surface area contributed by atoms with Crippen LogP contribution in [0.1, 0.15) is 18.4 Å². The van der Waals surface area contributed by atoms with Crippen LogP contribution < -0.4 is 0 Å². The van der Waals surface area contributed by atoms with Crippen molar-refractivity contribution in [1.82, 2.24) is 24.6 Å². The Labute approximate surface area is 135 Å². The third kappa shape index (κ3) is 3.05. The van der Waals surface area contributed by atoms with Gasteiger partial charge in [0.25, 0.3) is 0 Å². The Hall–Kier alpha value is -2.40. The molecule has 0 radical (unpaired) electrons. The highest BCUT2D eigenvalue weighted by atomic mass is 15.2. The first-order valence-electron chi connectivity index (χ1n) is 8.22. The van der Waals surface area contributed by atoms with Crippen molar-refractivity contribution in [3.8, 4) is 5.69 Å². The molecule has 1 aliphatic rings. The smallest absolute Gasteiger partial charge is 0.123 e. The van der Waals surface area contributed by atoms with Gasteiger partial charge in [0.2, 0.25) is 0 Å². The van der Waals surface area contributed by atoms with E-state index in [9.17, 15) is 0 Å². The Balaban J connectivity index is 1.48. The highest BCUT2D eigenvalue weighted by molar-refractivity contribution is 5.85. The standard InChI is InChI=1S/C18H21N5/c1-2-8-22(9-3-1)10-4-5-15-12-19-18-7-6-16(11-17(15)18)23-13-20-21-14-23/h1-2,6-7,11-14,19H,3-5,8-10H2.